The van der Waals surface area contributed by atoms with E-state index in [1.54, 1.807) is 4.57 Å². The lowest BCUT2D eigenvalue weighted by Gasteiger charge is -2.31. The Labute approximate surface area is 176 Å². The van der Waals surface area contributed by atoms with Crippen molar-refractivity contribution in [1.82, 2.24) is 20.1 Å². The first-order chi connectivity index (χ1) is 14.0. The highest BCUT2D eigenvalue weighted by molar-refractivity contribution is 7.71. The molecule has 2 aromatic carbocycles. The standard InChI is InChI=1S/C23H26N4OS/c1-16-7-5-9-18(13-16)21-25-26-22(29)27(21)15-20(28)24-23(11-3-4-12-23)19-10-6-8-17(2)14-19/h5-10,13-14H,3-4,11-12,15H2,1-2H3,(H,24,28)(H,26,29). The lowest BCUT2D eigenvalue weighted by molar-refractivity contribution is -0.123. The molecule has 1 aromatic heterocycles. The predicted octanol–water partition coefficient (Wildman–Crippen LogP) is 4.81. The van der Waals surface area contributed by atoms with Crippen LogP contribution in [0.3, 0.4) is 0 Å². The highest BCUT2D eigenvalue weighted by Crippen LogP contribution is 2.39. The fraction of sp³-hybridized carbons (Fsp3) is 0.348. The van der Waals surface area contributed by atoms with Crippen LogP contribution in [-0.4, -0.2) is 20.7 Å². The molecule has 0 saturated heterocycles. The van der Waals surface area contributed by atoms with Gasteiger partial charge >= 0.3 is 0 Å². The third-order valence-electron chi connectivity index (χ3n) is 5.74. The Bertz CT molecular complexity index is 1090. The molecule has 0 unspecified atom stereocenters. The van der Waals surface area contributed by atoms with Crippen molar-refractivity contribution in [2.75, 3.05) is 0 Å². The molecule has 150 valence electrons. The number of H-pyrrole nitrogens is 1. The van der Waals surface area contributed by atoms with E-state index in [-0.39, 0.29) is 18.0 Å². The van der Waals surface area contributed by atoms with E-state index < -0.39 is 0 Å². The van der Waals surface area contributed by atoms with Crippen molar-refractivity contribution < 1.29 is 4.79 Å². The maximum absolute atomic E-state index is 13.1. The lowest BCUT2D eigenvalue weighted by Crippen LogP contribution is -2.45. The number of hydrogen-bond donors (Lipinski definition) is 2. The fourth-order valence-electron chi connectivity index (χ4n) is 4.33. The SMILES string of the molecule is Cc1cccc(-c2n[nH]c(=S)n2CC(=O)NC2(c3cccc(C)c3)CCCC2)c1. The molecule has 1 saturated carbocycles. The molecule has 5 nitrogen and oxygen atoms in total. The number of amides is 1. The maximum atomic E-state index is 13.1. The van der Waals surface area contributed by atoms with E-state index in [1.807, 2.05) is 31.2 Å². The molecule has 0 bridgehead atoms. The number of aromatic nitrogens is 3. The summed E-state index contributed by atoms with van der Waals surface area (Å²) >= 11 is 5.41. The number of aromatic amines is 1. The Kier molecular flexibility index (Phi) is 5.37. The van der Waals surface area contributed by atoms with Gasteiger partial charge in [0.15, 0.2) is 10.6 Å². The minimum absolute atomic E-state index is 0.0418. The van der Waals surface area contributed by atoms with E-state index in [2.05, 4.69) is 46.7 Å². The molecular formula is C23H26N4OS. The largest absolute Gasteiger partial charge is 0.345 e. The van der Waals surface area contributed by atoms with Crippen molar-refractivity contribution in [2.24, 2.45) is 0 Å². The molecule has 1 fully saturated rings. The van der Waals surface area contributed by atoms with Crippen LogP contribution in [0.1, 0.15) is 42.4 Å². The topological polar surface area (TPSA) is 62.7 Å². The summed E-state index contributed by atoms with van der Waals surface area (Å²) in [5.41, 5.74) is 4.19. The van der Waals surface area contributed by atoms with E-state index >= 15 is 0 Å². The van der Waals surface area contributed by atoms with Crippen LogP contribution >= 0.6 is 12.2 Å². The number of aryl methyl sites for hydroxylation is 2. The summed E-state index contributed by atoms with van der Waals surface area (Å²) in [5.74, 6) is 0.643. The van der Waals surface area contributed by atoms with Gasteiger partial charge < -0.3 is 5.32 Å². The first kappa shape index (κ1) is 19.6. The molecule has 0 aliphatic heterocycles. The van der Waals surface area contributed by atoms with Crippen molar-refractivity contribution >= 4 is 18.1 Å². The number of nitrogens with zero attached hydrogens (tertiary/aromatic N) is 2. The predicted molar refractivity (Wildman–Crippen MR) is 117 cm³/mol. The van der Waals surface area contributed by atoms with Gasteiger partial charge in [0.1, 0.15) is 6.54 Å². The van der Waals surface area contributed by atoms with Gasteiger partial charge in [0, 0.05) is 5.56 Å². The molecule has 1 heterocycles. The van der Waals surface area contributed by atoms with E-state index in [1.165, 1.54) is 11.1 Å². The van der Waals surface area contributed by atoms with Gasteiger partial charge in [-0.15, -0.1) is 0 Å². The van der Waals surface area contributed by atoms with Crippen molar-refractivity contribution in [2.45, 2.75) is 51.6 Å². The Morgan fingerprint density at radius 1 is 1.14 bits per heavy atom. The minimum Gasteiger partial charge on any atom is -0.345 e. The first-order valence-electron chi connectivity index (χ1n) is 10.1. The summed E-state index contributed by atoms with van der Waals surface area (Å²) in [6.45, 7) is 4.27. The van der Waals surface area contributed by atoms with Gasteiger partial charge in [-0.1, -0.05) is 66.4 Å². The third-order valence-corrected chi connectivity index (χ3v) is 6.05. The highest BCUT2D eigenvalue weighted by Gasteiger charge is 2.37. The summed E-state index contributed by atoms with van der Waals surface area (Å²) in [4.78, 5) is 13.1. The van der Waals surface area contributed by atoms with Crippen LogP contribution in [0.5, 0.6) is 0 Å². The highest BCUT2D eigenvalue weighted by atomic mass is 32.1. The summed E-state index contributed by atoms with van der Waals surface area (Å²) in [5, 5.41) is 10.5. The lowest BCUT2D eigenvalue weighted by atomic mass is 9.87. The van der Waals surface area contributed by atoms with Crippen LogP contribution in [0.2, 0.25) is 0 Å². The number of nitrogens with one attached hydrogen (secondary N) is 2. The Morgan fingerprint density at radius 2 is 1.83 bits per heavy atom. The van der Waals surface area contributed by atoms with Gasteiger partial charge in [-0.3, -0.25) is 14.5 Å². The van der Waals surface area contributed by atoms with E-state index in [9.17, 15) is 4.79 Å². The van der Waals surface area contributed by atoms with Gasteiger partial charge in [-0.05, 0) is 50.5 Å². The molecule has 0 radical (unpaired) electrons. The second-order valence-electron chi connectivity index (χ2n) is 8.01. The van der Waals surface area contributed by atoms with Crippen molar-refractivity contribution in [1.29, 1.82) is 0 Å². The van der Waals surface area contributed by atoms with Gasteiger partial charge in [0.05, 0.1) is 5.54 Å². The van der Waals surface area contributed by atoms with E-state index in [0.29, 0.717) is 10.6 Å². The third kappa shape index (κ3) is 4.03. The van der Waals surface area contributed by atoms with Crippen LogP contribution in [-0.2, 0) is 16.9 Å². The summed E-state index contributed by atoms with van der Waals surface area (Å²) in [6, 6.07) is 16.5. The molecule has 1 amide bonds. The Balaban J connectivity index is 1.60. The zero-order valence-corrected chi connectivity index (χ0v) is 17.7. The fourth-order valence-corrected chi connectivity index (χ4v) is 4.52. The van der Waals surface area contributed by atoms with Crippen molar-refractivity contribution in [3.8, 4) is 11.4 Å². The molecule has 6 heteroatoms. The van der Waals surface area contributed by atoms with Crippen molar-refractivity contribution in [3.63, 3.8) is 0 Å². The maximum Gasteiger partial charge on any atom is 0.240 e. The summed E-state index contributed by atoms with van der Waals surface area (Å²) in [6.07, 6.45) is 4.16. The average molecular weight is 407 g/mol. The summed E-state index contributed by atoms with van der Waals surface area (Å²) < 4.78 is 2.23. The molecule has 1 aliphatic carbocycles. The number of carbonyl (C=O) groups excluding carboxylic acids is 1. The number of rotatable bonds is 5. The normalized spacial score (nSPS) is 15.4. The van der Waals surface area contributed by atoms with Crippen LogP contribution in [0.4, 0.5) is 0 Å². The van der Waals surface area contributed by atoms with Crippen LogP contribution < -0.4 is 5.32 Å². The number of hydrogen-bond acceptors (Lipinski definition) is 3. The van der Waals surface area contributed by atoms with Crippen LogP contribution in [0.15, 0.2) is 48.5 Å². The molecule has 3 aromatic rings. The molecule has 29 heavy (non-hydrogen) atoms. The van der Waals surface area contributed by atoms with Crippen LogP contribution in [0.25, 0.3) is 11.4 Å². The molecule has 1 aliphatic rings. The molecular weight excluding hydrogens is 380 g/mol. The van der Waals surface area contributed by atoms with Crippen molar-refractivity contribution in [3.05, 3.63) is 70.0 Å². The minimum atomic E-state index is -0.293. The monoisotopic (exact) mass is 406 g/mol. The Hall–Kier alpha value is -2.73. The number of benzene rings is 2. The zero-order valence-electron chi connectivity index (χ0n) is 16.9. The quantitative estimate of drug-likeness (QED) is 0.598. The van der Waals surface area contributed by atoms with Gasteiger partial charge in [0.25, 0.3) is 0 Å². The van der Waals surface area contributed by atoms with Gasteiger partial charge in [0.2, 0.25) is 5.91 Å². The molecule has 2 N–H and O–H groups in total. The second-order valence-corrected chi connectivity index (χ2v) is 8.40. The smallest absolute Gasteiger partial charge is 0.240 e. The average Bonchev–Trinajstić information content (AvgIpc) is 3.30. The molecule has 0 spiro atoms. The molecule has 0 atom stereocenters. The van der Waals surface area contributed by atoms with Gasteiger partial charge in [-0.25, -0.2) is 0 Å². The number of carbonyl (C=O) groups is 1. The Morgan fingerprint density at radius 3 is 2.52 bits per heavy atom. The summed E-state index contributed by atoms with van der Waals surface area (Å²) in [7, 11) is 0. The first-order valence-corrected chi connectivity index (χ1v) is 10.5. The van der Waals surface area contributed by atoms with E-state index in [0.717, 1.165) is 36.8 Å². The molecule has 4 rings (SSSR count). The van der Waals surface area contributed by atoms with Crippen LogP contribution in [0, 0.1) is 18.6 Å². The van der Waals surface area contributed by atoms with E-state index in [4.69, 9.17) is 12.2 Å². The zero-order chi connectivity index (χ0) is 20.4. The van der Waals surface area contributed by atoms with Gasteiger partial charge in [-0.2, -0.15) is 5.10 Å². The second kappa shape index (κ2) is 7.95.